The molecule has 0 bridgehead atoms. The highest BCUT2D eigenvalue weighted by Crippen LogP contribution is 2.18. The molecule has 0 fully saturated rings. The lowest BCUT2D eigenvalue weighted by Crippen LogP contribution is -2.31. The Balaban J connectivity index is 3.35. The number of hydrogen-bond acceptors (Lipinski definition) is 2. The van der Waals surface area contributed by atoms with Crippen molar-refractivity contribution in [1.29, 1.82) is 0 Å². The van der Waals surface area contributed by atoms with Crippen LogP contribution in [0.3, 0.4) is 0 Å². The largest absolute Gasteiger partial charge is 0.316 e. The third-order valence-electron chi connectivity index (χ3n) is 2.16. The Morgan fingerprint density at radius 3 is 2.23 bits per heavy atom. The molecule has 80 valence electrons. The Morgan fingerprint density at radius 2 is 1.77 bits per heavy atom. The predicted molar refractivity (Wildman–Crippen MR) is 60.1 cm³/mol. The van der Waals surface area contributed by atoms with E-state index in [1.807, 2.05) is 0 Å². The fourth-order valence-corrected chi connectivity index (χ4v) is 1.08. The van der Waals surface area contributed by atoms with Gasteiger partial charge in [-0.25, -0.2) is 0 Å². The van der Waals surface area contributed by atoms with Crippen molar-refractivity contribution in [2.45, 2.75) is 34.1 Å². The first-order valence-corrected chi connectivity index (χ1v) is 5.35. The van der Waals surface area contributed by atoms with Crippen molar-refractivity contribution < 1.29 is 0 Å². The molecule has 0 aliphatic heterocycles. The molecule has 0 aromatic carbocycles. The van der Waals surface area contributed by atoms with Gasteiger partial charge < -0.3 is 10.2 Å². The average Bonchev–Trinajstić information content (AvgIpc) is 2.00. The molecular weight excluding hydrogens is 160 g/mol. The van der Waals surface area contributed by atoms with Crippen LogP contribution in [0.5, 0.6) is 0 Å². The fraction of sp³-hybridized carbons (Fsp3) is 1.00. The molecule has 2 heteroatoms. The number of nitrogens with one attached hydrogen (secondary N) is 1. The minimum absolute atomic E-state index is 0.465. The van der Waals surface area contributed by atoms with Crippen molar-refractivity contribution in [3.8, 4) is 0 Å². The molecule has 0 aromatic heterocycles. The smallest absolute Gasteiger partial charge is 0.0104 e. The van der Waals surface area contributed by atoms with Gasteiger partial charge in [0.25, 0.3) is 0 Å². The van der Waals surface area contributed by atoms with Gasteiger partial charge in [-0.3, -0.25) is 0 Å². The van der Waals surface area contributed by atoms with E-state index in [0.29, 0.717) is 5.41 Å². The molecule has 0 aliphatic rings. The lowest BCUT2D eigenvalue weighted by atomic mass is 9.92. The molecule has 0 aliphatic carbocycles. The van der Waals surface area contributed by atoms with Crippen molar-refractivity contribution >= 4 is 0 Å². The first-order valence-electron chi connectivity index (χ1n) is 5.35. The van der Waals surface area contributed by atoms with Gasteiger partial charge in [-0.15, -0.1) is 0 Å². The molecular formula is C11H26N2. The van der Waals surface area contributed by atoms with Gasteiger partial charge in [0.2, 0.25) is 0 Å². The molecule has 0 saturated heterocycles. The topological polar surface area (TPSA) is 15.3 Å². The maximum Gasteiger partial charge on any atom is 0.0104 e. The molecule has 0 spiro atoms. The highest BCUT2D eigenvalue weighted by atomic mass is 15.1. The monoisotopic (exact) mass is 186 g/mol. The molecule has 0 amide bonds. The van der Waals surface area contributed by atoms with Crippen molar-refractivity contribution in [3.05, 3.63) is 0 Å². The van der Waals surface area contributed by atoms with E-state index >= 15 is 0 Å². The molecule has 0 saturated carbocycles. The number of hydrogen-bond donors (Lipinski definition) is 1. The van der Waals surface area contributed by atoms with E-state index in [1.165, 1.54) is 13.0 Å². The van der Waals surface area contributed by atoms with Crippen molar-refractivity contribution in [2.75, 3.05) is 33.2 Å². The van der Waals surface area contributed by atoms with Crippen LogP contribution in [0.2, 0.25) is 0 Å². The van der Waals surface area contributed by atoms with E-state index < -0.39 is 0 Å². The maximum absolute atomic E-state index is 3.33. The average molecular weight is 186 g/mol. The highest BCUT2D eigenvalue weighted by molar-refractivity contribution is 4.64. The second kappa shape index (κ2) is 6.39. The lowest BCUT2D eigenvalue weighted by molar-refractivity contribution is 0.264. The van der Waals surface area contributed by atoms with Crippen molar-refractivity contribution in [1.82, 2.24) is 10.2 Å². The van der Waals surface area contributed by atoms with E-state index in [0.717, 1.165) is 19.6 Å². The second-order valence-electron chi connectivity index (χ2n) is 4.97. The zero-order valence-corrected chi connectivity index (χ0v) is 9.98. The zero-order chi connectivity index (χ0) is 10.3. The molecule has 0 radical (unpaired) electrons. The van der Waals surface area contributed by atoms with Gasteiger partial charge >= 0.3 is 0 Å². The summed E-state index contributed by atoms with van der Waals surface area (Å²) in [5.41, 5.74) is 0.465. The van der Waals surface area contributed by atoms with Crippen LogP contribution in [0.25, 0.3) is 0 Å². The van der Waals surface area contributed by atoms with Gasteiger partial charge in [-0.1, -0.05) is 27.7 Å². The Morgan fingerprint density at radius 1 is 1.15 bits per heavy atom. The van der Waals surface area contributed by atoms with E-state index in [4.69, 9.17) is 0 Å². The predicted octanol–water partition coefficient (Wildman–Crippen LogP) is 1.96. The van der Waals surface area contributed by atoms with Gasteiger partial charge in [-0.05, 0) is 32.0 Å². The Labute approximate surface area is 83.7 Å². The number of rotatable bonds is 6. The van der Waals surface area contributed by atoms with Crippen LogP contribution in [0.15, 0.2) is 0 Å². The van der Waals surface area contributed by atoms with Crippen LogP contribution < -0.4 is 5.32 Å². The Bertz CT molecular complexity index is 116. The summed E-state index contributed by atoms with van der Waals surface area (Å²) in [5, 5.41) is 3.33. The molecule has 0 rings (SSSR count). The van der Waals surface area contributed by atoms with Gasteiger partial charge in [0.15, 0.2) is 0 Å². The van der Waals surface area contributed by atoms with Crippen LogP contribution in [0.1, 0.15) is 34.1 Å². The van der Waals surface area contributed by atoms with E-state index in [-0.39, 0.29) is 0 Å². The number of nitrogens with zero attached hydrogens (tertiary/aromatic N) is 1. The highest BCUT2D eigenvalue weighted by Gasteiger charge is 2.10. The minimum Gasteiger partial charge on any atom is -0.316 e. The van der Waals surface area contributed by atoms with Gasteiger partial charge in [0, 0.05) is 13.1 Å². The Hall–Kier alpha value is -0.0800. The van der Waals surface area contributed by atoms with Crippen LogP contribution in [-0.4, -0.2) is 38.1 Å². The molecule has 0 unspecified atom stereocenters. The maximum atomic E-state index is 3.33. The minimum atomic E-state index is 0.465. The summed E-state index contributed by atoms with van der Waals surface area (Å²) in [7, 11) is 2.20. The summed E-state index contributed by atoms with van der Waals surface area (Å²) in [6.45, 7) is 13.6. The van der Waals surface area contributed by atoms with Gasteiger partial charge in [0.05, 0.1) is 0 Å². The van der Waals surface area contributed by atoms with Crippen LogP contribution >= 0.6 is 0 Å². The van der Waals surface area contributed by atoms with E-state index in [9.17, 15) is 0 Å². The molecule has 0 aromatic rings. The first-order chi connectivity index (χ1) is 5.95. The standard InChI is InChI=1S/C11H26N2/c1-6-12-8-10-13(5)9-7-11(2,3)4/h12H,6-10H2,1-5H3. The van der Waals surface area contributed by atoms with Crippen LogP contribution in [0, 0.1) is 5.41 Å². The third-order valence-corrected chi connectivity index (χ3v) is 2.16. The summed E-state index contributed by atoms with van der Waals surface area (Å²) in [4.78, 5) is 2.40. The summed E-state index contributed by atoms with van der Waals surface area (Å²) in [5.74, 6) is 0. The van der Waals surface area contributed by atoms with Crippen molar-refractivity contribution in [3.63, 3.8) is 0 Å². The lowest BCUT2D eigenvalue weighted by Gasteiger charge is -2.23. The molecule has 1 N–H and O–H groups in total. The third kappa shape index (κ3) is 9.84. The molecule has 13 heavy (non-hydrogen) atoms. The summed E-state index contributed by atoms with van der Waals surface area (Å²) < 4.78 is 0. The van der Waals surface area contributed by atoms with Gasteiger partial charge in [-0.2, -0.15) is 0 Å². The zero-order valence-electron chi connectivity index (χ0n) is 9.98. The Kier molecular flexibility index (Phi) is 6.35. The van der Waals surface area contributed by atoms with Crippen LogP contribution in [0.4, 0.5) is 0 Å². The molecule has 2 nitrogen and oxygen atoms in total. The van der Waals surface area contributed by atoms with Gasteiger partial charge in [0.1, 0.15) is 0 Å². The molecule has 0 atom stereocenters. The van der Waals surface area contributed by atoms with E-state index in [2.05, 4.69) is 45.0 Å². The SMILES string of the molecule is CCNCCN(C)CCC(C)(C)C. The number of likely N-dealkylation sites (N-methyl/N-ethyl adjacent to an activating group) is 2. The molecule has 0 heterocycles. The summed E-state index contributed by atoms with van der Waals surface area (Å²) in [6.07, 6.45) is 1.27. The summed E-state index contributed by atoms with van der Waals surface area (Å²) >= 11 is 0. The van der Waals surface area contributed by atoms with Crippen molar-refractivity contribution in [2.24, 2.45) is 5.41 Å². The summed E-state index contributed by atoms with van der Waals surface area (Å²) in [6, 6.07) is 0. The second-order valence-corrected chi connectivity index (χ2v) is 4.97. The quantitative estimate of drug-likeness (QED) is 0.638. The first kappa shape index (κ1) is 12.9. The van der Waals surface area contributed by atoms with E-state index in [1.54, 1.807) is 0 Å². The van der Waals surface area contributed by atoms with Crippen LogP contribution in [-0.2, 0) is 0 Å². The fourth-order valence-electron chi connectivity index (χ4n) is 1.08. The normalized spacial score (nSPS) is 12.5.